The second-order valence-electron chi connectivity index (χ2n) is 13.2. The van der Waals surface area contributed by atoms with Gasteiger partial charge in [0.2, 0.25) is 0 Å². The van der Waals surface area contributed by atoms with Gasteiger partial charge in [-0.3, -0.25) is 0 Å². The van der Waals surface area contributed by atoms with Crippen LogP contribution < -0.4 is 4.90 Å². The molecular weight excluding hydrogens is 446 g/mol. The van der Waals surface area contributed by atoms with Crippen molar-refractivity contribution in [3.8, 4) is 22.3 Å². The normalized spacial score (nSPS) is 14.3. The number of fused-ring (bicyclic) bond motifs is 3. The molecule has 0 aromatic heterocycles. The Bertz CT molecular complexity index is 1460. The Balaban J connectivity index is 1.84. The lowest BCUT2D eigenvalue weighted by atomic mass is 9.76. The molecule has 0 saturated carbocycles. The SMILES string of the molecule is CN(c1cccc(-c2ccccc2)c1C(C)(C)C)c1c(C(C)(C)C)ccc2c1C(C)(C)c1ccccc1-2. The highest BCUT2D eigenvalue weighted by Crippen LogP contribution is 2.56. The molecule has 0 amide bonds. The monoisotopic (exact) mass is 487 g/mol. The van der Waals surface area contributed by atoms with Gasteiger partial charge in [-0.1, -0.05) is 134 Å². The summed E-state index contributed by atoms with van der Waals surface area (Å²) in [5, 5.41) is 0. The second-order valence-corrected chi connectivity index (χ2v) is 13.2. The summed E-state index contributed by atoms with van der Waals surface area (Å²) in [5.74, 6) is 0. The number of anilines is 2. The van der Waals surface area contributed by atoms with Gasteiger partial charge < -0.3 is 4.90 Å². The first-order chi connectivity index (χ1) is 17.3. The molecular formula is C36H41N. The highest BCUT2D eigenvalue weighted by Gasteiger charge is 2.41. The average molecular weight is 488 g/mol. The van der Waals surface area contributed by atoms with Crippen molar-refractivity contribution in [2.45, 2.75) is 71.6 Å². The number of nitrogens with zero attached hydrogens (tertiary/aromatic N) is 1. The largest absolute Gasteiger partial charge is 0.344 e. The van der Waals surface area contributed by atoms with Crippen LogP contribution in [-0.4, -0.2) is 7.05 Å². The summed E-state index contributed by atoms with van der Waals surface area (Å²) in [7, 11) is 2.28. The van der Waals surface area contributed by atoms with E-state index < -0.39 is 0 Å². The highest BCUT2D eigenvalue weighted by atomic mass is 15.1. The molecule has 0 heterocycles. The van der Waals surface area contributed by atoms with Crippen molar-refractivity contribution in [1.29, 1.82) is 0 Å². The molecule has 1 aliphatic carbocycles. The zero-order valence-electron chi connectivity index (χ0n) is 24.0. The molecule has 0 spiro atoms. The third-order valence-corrected chi connectivity index (χ3v) is 8.08. The van der Waals surface area contributed by atoms with E-state index in [2.05, 4.69) is 152 Å². The van der Waals surface area contributed by atoms with Gasteiger partial charge >= 0.3 is 0 Å². The molecule has 0 fully saturated rings. The van der Waals surface area contributed by atoms with Gasteiger partial charge in [0.15, 0.2) is 0 Å². The zero-order chi connectivity index (χ0) is 26.8. The second kappa shape index (κ2) is 8.62. The van der Waals surface area contributed by atoms with Gasteiger partial charge in [0, 0.05) is 23.8 Å². The molecule has 1 aliphatic rings. The quantitative estimate of drug-likeness (QED) is 0.278. The van der Waals surface area contributed by atoms with Crippen molar-refractivity contribution in [1.82, 2.24) is 0 Å². The van der Waals surface area contributed by atoms with Crippen LogP contribution in [0.15, 0.2) is 84.9 Å². The minimum absolute atomic E-state index is 0.00239. The molecule has 0 radical (unpaired) electrons. The summed E-state index contributed by atoms with van der Waals surface area (Å²) < 4.78 is 0. The van der Waals surface area contributed by atoms with Crippen LogP contribution in [-0.2, 0) is 16.2 Å². The van der Waals surface area contributed by atoms with Crippen LogP contribution in [0.3, 0.4) is 0 Å². The van der Waals surface area contributed by atoms with Gasteiger partial charge in [0.05, 0.1) is 0 Å². The molecule has 4 aromatic rings. The van der Waals surface area contributed by atoms with E-state index in [1.54, 1.807) is 0 Å². The summed E-state index contributed by atoms with van der Waals surface area (Å²) in [6, 6.07) is 31.4. The third kappa shape index (κ3) is 4.09. The van der Waals surface area contributed by atoms with Crippen molar-refractivity contribution in [3.05, 3.63) is 107 Å². The molecule has 0 bridgehead atoms. The molecule has 0 atom stereocenters. The molecule has 0 N–H and O–H groups in total. The summed E-state index contributed by atoms with van der Waals surface area (Å²) in [5.41, 5.74) is 13.4. The predicted molar refractivity (Wildman–Crippen MR) is 161 cm³/mol. The maximum atomic E-state index is 2.50. The maximum Gasteiger partial charge on any atom is 0.0493 e. The van der Waals surface area contributed by atoms with E-state index in [9.17, 15) is 0 Å². The van der Waals surface area contributed by atoms with E-state index in [-0.39, 0.29) is 16.2 Å². The van der Waals surface area contributed by atoms with Crippen LogP contribution >= 0.6 is 0 Å². The van der Waals surface area contributed by atoms with E-state index in [0.29, 0.717) is 0 Å². The van der Waals surface area contributed by atoms with E-state index in [4.69, 9.17) is 0 Å². The van der Waals surface area contributed by atoms with Crippen molar-refractivity contribution in [2.24, 2.45) is 0 Å². The van der Waals surface area contributed by atoms with Gasteiger partial charge in [-0.05, 0) is 61.4 Å². The highest BCUT2D eigenvalue weighted by molar-refractivity contribution is 5.90. The Morgan fingerprint density at radius 1 is 0.595 bits per heavy atom. The first-order valence-electron chi connectivity index (χ1n) is 13.5. The van der Waals surface area contributed by atoms with Crippen molar-refractivity contribution >= 4 is 11.4 Å². The summed E-state index contributed by atoms with van der Waals surface area (Å²) in [6.45, 7) is 18.8. The minimum atomic E-state index is -0.0876. The van der Waals surface area contributed by atoms with Crippen molar-refractivity contribution < 1.29 is 0 Å². The first kappa shape index (κ1) is 25.3. The van der Waals surface area contributed by atoms with Crippen LogP contribution in [0.2, 0.25) is 0 Å². The molecule has 0 unspecified atom stereocenters. The fourth-order valence-corrected chi connectivity index (χ4v) is 6.39. The zero-order valence-corrected chi connectivity index (χ0v) is 24.0. The lowest BCUT2D eigenvalue weighted by Gasteiger charge is -2.38. The van der Waals surface area contributed by atoms with Gasteiger partial charge in [0.1, 0.15) is 0 Å². The molecule has 5 rings (SSSR count). The minimum Gasteiger partial charge on any atom is -0.344 e. The molecule has 190 valence electrons. The predicted octanol–water partition coefficient (Wildman–Crippen LogP) is 10.0. The average Bonchev–Trinajstić information content (AvgIpc) is 3.09. The lowest BCUT2D eigenvalue weighted by molar-refractivity contribution is 0.582. The fraction of sp³-hybridized carbons (Fsp3) is 0.333. The van der Waals surface area contributed by atoms with Crippen molar-refractivity contribution in [2.75, 3.05) is 11.9 Å². The third-order valence-electron chi connectivity index (χ3n) is 8.08. The Hall–Kier alpha value is -3.32. The van der Waals surface area contributed by atoms with Crippen LogP contribution in [0.25, 0.3) is 22.3 Å². The molecule has 4 aromatic carbocycles. The summed E-state index contributed by atoms with van der Waals surface area (Å²) >= 11 is 0. The Labute approximate surface area is 224 Å². The van der Waals surface area contributed by atoms with Gasteiger partial charge in [-0.15, -0.1) is 0 Å². The lowest BCUT2D eigenvalue weighted by Crippen LogP contribution is -2.27. The van der Waals surface area contributed by atoms with Crippen LogP contribution in [0.5, 0.6) is 0 Å². The van der Waals surface area contributed by atoms with Gasteiger partial charge in [-0.25, -0.2) is 0 Å². The number of hydrogen-bond acceptors (Lipinski definition) is 1. The maximum absolute atomic E-state index is 2.50. The Kier molecular flexibility index (Phi) is 5.90. The van der Waals surface area contributed by atoms with Crippen molar-refractivity contribution in [3.63, 3.8) is 0 Å². The van der Waals surface area contributed by atoms with E-state index >= 15 is 0 Å². The smallest absolute Gasteiger partial charge is 0.0493 e. The number of hydrogen-bond donors (Lipinski definition) is 0. The van der Waals surface area contributed by atoms with Gasteiger partial charge in [-0.2, -0.15) is 0 Å². The summed E-state index contributed by atoms with van der Waals surface area (Å²) in [4.78, 5) is 2.50. The molecule has 37 heavy (non-hydrogen) atoms. The Morgan fingerprint density at radius 2 is 1.22 bits per heavy atom. The molecule has 0 saturated heterocycles. The van der Waals surface area contributed by atoms with E-state index in [0.717, 1.165) is 0 Å². The molecule has 0 aliphatic heterocycles. The van der Waals surface area contributed by atoms with E-state index in [1.807, 2.05) is 0 Å². The van der Waals surface area contributed by atoms with E-state index in [1.165, 1.54) is 55.9 Å². The number of rotatable bonds is 3. The van der Waals surface area contributed by atoms with Crippen LogP contribution in [0.4, 0.5) is 11.4 Å². The topological polar surface area (TPSA) is 3.24 Å². The fourth-order valence-electron chi connectivity index (χ4n) is 6.39. The molecule has 1 heteroatoms. The Morgan fingerprint density at radius 3 is 1.86 bits per heavy atom. The first-order valence-corrected chi connectivity index (χ1v) is 13.5. The number of benzene rings is 4. The summed E-state index contributed by atoms with van der Waals surface area (Å²) in [6.07, 6.45) is 0. The standard InChI is InChI=1S/C36H41N/c1-34(2,3)29-23-22-27-26-18-13-14-20-28(26)36(7,8)32(27)33(29)37(9)30-21-15-19-25(31(30)35(4,5)6)24-16-11-10-12-17-24/h10-23H,1-9H3. The molecule has 1 nitrogen and oxygen atoms in total. The van der Waals surface area contributed by atoms with Gasteiger partial charge in [0.25, 0.3) is 0 Å². The van der Waals surface area contributed by atoms with Crippen LogP contribution in [0.1, 0.15) is 77.6 Å². The van der Waals surface area contributed by atoms with Crippen LogP contribution in [0, 0.1) is 0 Å².